The molecule has 0 N–H and O–H groups in total. The zero-order valence-corrected chi connectivity index (χ0v) is 6.88. The minimum Gasteiger partial charge on any atom is -0.250 e. The Bertz CT molecular complexity index is 284. The molecule has 0 saturated heterocycles. The second kappa shape index (κ2) is 4.35. The van der Waals surface area contributed by atoms with Gasteiger partial charge in [0.25, 0.3) is 0 Å². The quantitative estimate of drug-likeness (QED) is 0.386. The van der Waals surface area contributed by atoms with Crippen molar-refractivity contribution in [2.75, 3.05) is 0 Å². The first kappa shape index (κ1) is 8.55. The van der Waals surface area contributed by atoms with Crippen LogP contribution in [0.4, 0.5) is 0 Å². The van der Waals surface area contributed by atoms with Crippen molar-refractivity contribution in [2.24, 2.45) is 5.11 Å². The summed E-state index contributed by atoms with van der Waals surface area (Å²) in [5, 5.41) is 7.40. The second-order valence-electron chi connectivity index (χ2n) is 2.29. The van der Waals surface area contributed by atoms with Gasteiger partial charge in [0.2, 0.25) is 0 Å². The van der Waals surface area contributed by atoms with E-state index in [4.69, 9.17) is 5.53 Å². The number of nitrogens with zero attached hydrogens (tertiary/aromatic N) is 6. The molecule has 12 heavy (non-hydrogen) atoms. The molecule has 0 bridgehead atoms. The lowest BCUT2D eigenvalue weighted by molar-refractivity contribution is 0.570. The third-order valence-corrected chi connectivity index (χ3v) is 1.41. The van der Waals surface area contributed by atoms with Gasteiger partial charge in [-0.25, -0.2) is 9.67 Å². The molecule has 1 aromatic rings. The maximum atomic E-state index is 8.09. The molecule has 0 fully saturated rings. The van der Waals surface area contributed by atoms with E-state index in [1.165, 1.54) is 6.33 Å². The molecule has 1 aromatic heterocycles. The normalized spacial score (nSPS) is 9.42. The number of aryl methyl sites for hydroxylation is 1. The van der Waals surface area contributed by atoms with E-state index in [0.29, 0.717) is 0 Å². The summed E-state index contributed by atoms with van der Waals surface area (Å²) in [5.74, 6) is 0.717. The Morgan fingerprint density at radius 2 is 2.58 bits per heavy atom. The van der Waals surface area contributed by atoms with Crippen LogP contribution >= 0.6 is 0 Å². The molecule has 1 heterocycles. The first-order valence-corrected chi connectivity index (χ1v) is 3.76. The third-order valence-electron chi connectivity index (χ3n) is 1.41. The van der Waals surface area contributed by atoms with Crippen molar-refractivity contribution < 1.29 is 0 Å². The Kier molecular flexibility index (Phi) is 3.10. The Labute approximate surface area is 69.9 Å². The van der Waals surface area contributed by atoms with Gasteiger partial charge in [0.05, 0.1) is 6.54 Å². The van der Waals surface area contributed by atoms with Crippen LogP contribution in [0.1, 0.15) is 19.2 Å². The first-order valence-electron chi connectivity index (χ1n) is 3.76. The molecule has 0 spiro atoms. The first-order chi connectivity index (χ1) is 5.88. The summed E-state index contributed by atoms with van der Waals surface area (Å²) in [6.07, 6.45) is 2.46. The fourth-order valence-corrected chi connectivity index (χ4v) is 0.904. The highest BCUT2D eigenvalue weighted by Crippen LogP contribution is 1.97. The molecule has 0 unspecified atom stereocenters. The van der Waals surface area contributed by atoms with E-state index in [2.05, 4.69) is 27.0 Å². The summed E-state index contributed by atoms with van der Waals surface area (Å²) in [7, 11) is 0. The fourth-order valence-electron chi connectivity index (χ4n) is 0.904. The van der Waals surface area contributed by atoms with Crippen molar-refractivity contribution in [2.45, 2.75) is 26.4 Å². The molecule has 0 aromatic carbocycles. The Hall–Kier alpha value is -1.55. The molecule has 0 saturated carbocycles. The Morgan fingerprint density at radius 1 is 1.75 bits per heavy atom. The molecule has 0 atom stereocenters. The number of azide groups is 1. The standard InChI is InChI=1S/C6H10N6/c1-2-3-12-6(4-9-11-7)8-5-10-12/h5H,2-4H2,1H3. The summed E-state index contributed by atoms with van der Waals surface area (Å²) < 4.78 is 1.74. The minimum absolute atomic E-state index is 0.274. The van der Waals surface area contributed by atoms with E-state index >= 15 is 0 Å². The SMILES string of the molecule is CCCn1ncnc1CN=[N+]=[N-]. The third kappa shape index (κ3) is 1.96. The average molecular weight is 166 g/mol. The van der Waals surface area contributed by atoms with E-state index in [1.807, 2.05) is 0 Å². The van der Waals surface area contributed by atoms with Gasteiger partial charge in [-0.1, -0.05) is 12.0 Å². The summed E-state index contributed by atoms with van der Waals surface area (Å²) in [5.41, 5.74) is 8.09. The maximum absolute atomic E-state index is 8.09. The van der Waals surface area contributed by atoms with Crippen LogP contribution in [0.15, 0.2) is 11.4 Å². The lowest BCUT2D eigenvalue weighted by Gasteiger charge is -1.99. The van der Waals surface area contributed by atoms with E-state index in [-0.39, 0.29) is 6.54 Å². The lowest BCUT2D eigenvalue weighted by Crippen LogP contribution is -2.03. The monoisotopic (exact) mass is 166 g/mol. The van der Waals surface area contributed by atoms with Gasteiger partial charge in [0.15, 0.2) is 0 Å². The molecule has 6 heteroatoms. The van der Waals surface area contributed by atoms with E-state index < -0.39 is 0 Å². The summed E-state index contributed by atoms with van der Waals surface area (Å²) in [4.78, 5) is 6.61. The van der Waals surface area contributed by atoms with Crippen LogP contribution in [-0.2, 0) is 13.1 Å². The van der Waals surface area contributed by atoms with Crippen molar-refractivity contribution >= 4 is 0 Å². The second-order valence-corrected chi connectivity index (χ2v) is 2.29. The van der Waals surface area contributed by atoms with Crippen LogP contribution in [0, 0.1) is 0 Å². The number of aromatic nitrogens is 3. The van der Waals surface area contributed by atoms with Crippen molar-refractivity contribution in [3.8, 4) is 0 Å². The number of hydrogen-bond acceptors (Lipinski definition) is 3. The van der Waals surface area contributed by atoms with Crippen molar-refractivity contribution in [1.29, 1.82) is 0 Å². The largest absolute Gasteiger partial charge is 0.250 e. The van der Waals surface area contributed by atoms with Gasteiger partial charge in [0, 0.05) is 11.5 Å². The zero-order chi connectivity index (χ0) is 8.81. The Morgan fingerprint density at radius 3 is 3.25 bits per heavy atom. The lowest BCUT2D eigenvalue weighted by atomic mass is 10.5. The molecule has 0 radical (unpaired) electrons. The van der Waals surface area contributed by atoms with Crippen LogP contribution in [0.5, 0.6) is 0 Å². The van der Waals surface area contributed by atoms with Gasteiger partial charge in [-0.3, -0.25) is 0 Å². The smallest absolute Gasteiger partial charge is 0.138 e. The predicted octanol–water partition coefficient (Wildman–Crippen LogP) is 1.50. The molecular weight excluding hydrogens is 156 g/mol. The fraction of sp³-hybridized carbons (Fsp3) is 0.667. The predicted molar refractivity (Wildman–Crippen MR) is 43.2 cm³/mol. The molecule has 64 valence electrons. The van der Waals surface area contributed by atoms with Gasteiger partial charge < -0.3 is 0 Å². The maximum Gasteiger partial charge on any atom is 0.138 e. The summed E-state index contributed by atoms with van der Waals surface area (Å²) in [6.45, 7) is 3.14. The van der Waals surface area contributed by atoms with E-state index in [9.17, 15) is 0 Å². The van der Waals surface area contributed by atoms with Crippen LogP contribution < -0.4 is 0 Å². The molecule has 0 aliphatic heterocycles. The molecular formula is C6H10N6. The zero-order valence-electron chi connectivity index (χ0n) is 6.88. The number of hydrogen-bond donors (Lipinski definition) is 0. The molecule has 0 amide bonds. The molecule has 1 rings (SSSR count). The molecule has 0 aliphatic carbocycles. The topological polar surface area (TPSA) is 79.5 Å². The molecule has 0 aliphatic rings. The van der Waals surface area contributed by atoms with Crippen molar-refractivity contribution in [3.63, 3.8) is 0 Å². The van der Waals surface area contributed by atoms with Gasteiger partial charge in [-0.05, 0) is 12.0 Å². The highest BCUT2D eigenvalue weighted by molar-refractivity contribution is 4.83. The van der Waals surface area contributed by atoms with Crippen LogP contribution in [0.3, 0.4) is 0 Å². The van der Waals surface area contributed by atoms with Crippen LogP contribution in [0.25, 0.3) is 10.4 Å². The van der Waals surface area contributed by atoms with Gasteiger partial charge in [-0.2, -0.15) is 5.10 Å². The van der Waals surface area contributed by atoms with Gasteiger partial charge in [-0.15, -0.1) is 0 Å². The minimum atomic E-state index is 0.274. The van der Waals surface area contributed by atoms with Crippen molar-refractivity contribution in [3.05, 3.63) is 22.6 Å². The number of rotatable bonds is 4. The van der Waals surface area contributed by atoms with Crippen LogP contribution in [-0.4, -0.2) is 14.8 Å². The van der Waals surface area contributed by atoms with E-state index in [1.54, 1.807) is 4.68 Å². The van der Waals surface area contributed by atoms with Crippen molar-refractivity contribution in [1.82, 2.24) is 14.8 Å². The highest BCUT2D eigenvalue weighted by atomic mass is 15.3. The average Bonchev–Trinajstić information content (AvgIpc) is 2.50. The van der Waals surface area contributed by atoms with Gasteiger partial charge in [0.1, 0.15) is 12.2 Å². The summed E-state index contributed by atoms with van der Waals surface area (Å²) in [6, 6.07) is 0. The van der Waals surface area contributed by atoms with Gasteiger partial charge >= 0.3 is 0 Å². The van der Waals surface area contributed by atoms with Crippen LogP contribution in [0.2, 0.25) is 0 Å². The summed E-state index contributed by atoms with van der Waals surface area (Å²) >= 11 is 0. The molecule has 6 nitrogen and oxygen atoms in total. The highest BCUT2D eigenvalue weighted by Gasteiger charge is 2.00. The van der Waals surface area contributed by atoms with E-state index in [0.717, 1.165) is 18.8 Å². The Balaban J connectivity index is 2.69.